The first kappa shape index (κ1) is 13.7. The molecule has 3 heterocycles. The van der Waals surface area contributed by atoms with Gasteiger partial charge in [0.05, 0.1) is 23.7 Å². The maximum absolute atomic E-state index is 13.2. The standard InChI is InChI=1S/C14H10FN3O2S/c15-9-4-8(5-16-6-9)13-17-7-12(21-13)10-2-1-3-11(18-10)14(19)20/h1-6,12H,7H2,(H,19,20). The van der Waals surface area contributed by atoms with E-state index in [1.165, 1.54) is 23.9 Å². The number of hydrogen-bond acceptors (Lipinski definition) is 5. The highest BCUT2D eigenvalue weighted by Gasteiger charge is 2.24. The quantitative estimate of drug-likeness (QED) is 0.943. The normalized spacial score (nSPS) is 17.6. The van der Waals surface area contributed by atoms with Crippen LogP contribution >= 0.6 is 11.8 Å². The molecule has 0 aromatic carbocycles. The Morgan fingerprint density at radius 1 is 1.38 bits per heavy atom. The molecule has 21 heavy (non-hydrogen) atoms. The van der Waals surface area contributed by atoms with E-state index in [1.54, 1.807) is 18.3 Å². The minimum Gasteiger partial charge on any atom is -0.477 e. The van der Waals surface area contributed by atoms with Gasteiger partial charge in [-0.3, -0.25) is 9.98 Å². The molecule has 7 heteroatoms. The highest BCUT2D eigenvalue weighted by molar-refractivity contribution is 8.14. The van der Waals surface area contributed by atoms with Gasteiger partial charge in [-0.25, -0.2) is 14.2 Å². The van der Waals surface area contributed by atoms with Gasteiger partial charge in [-0.2, -0.15) is 0 Å². The summed E-state index contributed by atoms with van der Waals surface area (Å²) in [5, 5.41) is 9.59. The van der Waals surface area contributed by atoms with Gasteiger partial charge in [0.15, 0.2) is 0 Å². The van der Waals surface area contributed by atoms with Crippen LogP contribution < -0.4 is 0 Å². The van der Waals surface area contributed by atoms with Crippen molar-refractivity contribution in [3.05, 3.63) is 59.4 Å². The topological polar surface area (TPSA) is 75.4 Å². The molecule has 0 radical (unpaired) electrons. The Kier molecular flexibility index (Phi) is 3.66. The molecule has 2 aromatic heterocycles. The first-order chi connectivity index (χ1) is 10.1. The largest absolute Gasteiger partial charge is 0.477 e. The third-order valence-electron chi connectivity index (χ3n) is 2.93. The lowest BCUT2D eigenvalue weighted by atomic mass is 10.2. The second-order valence-corrected chi connectivity index (χ2v) is 5.59. The number of aromatic nitrogens is 2. The van der Waals surface area contributed by atoms with Crippen LogP contribution in [-0.2, 0) is 0 Å². The van der Waals surface area contributed by atoms with Gasteiger partial charge in [-0.15, -0.1) is 0 Å². The fourth-order valence-corrected chi connectivity index (χ4v) is 3.03. The van der Waals surface area contributed by atoms with Crippen molar-refractivity contribution < 1.29 is 14.3 Å². The Balaban J connectivity index is 1.80. The summed E-state index contributed by atoms with van der Waals surface area (Å²) < 4.78 is 13.2. The number of thioether (sulfide) groups is 1. The molecule has 1 aliphatic rings. The summed E-state index contributed by atoms with van der Waals surface area (Å²) in [5.74, 6) is -1.47. The lowest BCUT2D eigenvalue weighted by molar-refractivity contribution is 0.0690. The molecule has 1 aliphatic heterocycles. The van der Waals surface area contributed by atoms with Gasteiger partial charge in [-0.1, -0.05) is 17.8 Å². The van der Waals surface area contributed by atoms with Crippen LogP contribution in [0.3, 0.4) is 0 Å². The number of carbonyl (C=O) groups is 1. The van der Waals surface area contributed by atoms with Crippen molar-refractivity contribution in [3.63, 3.8) is 0 Å². The number of nitrogens with zero attached hydrogens (tertiary/aromatic N) is 3. The fourth-order valence-electron chi connectivity index (χ4n) is 1.97. The molecule has 1 atom stereocenters. The molecule has 0 aliphatic carbocycles. The van der Waals surface area contributed by atoms with Crippen molar-refractivity contribution >= 4 is 22.8 Å². The summed E-state index contributed by atoms with van der Waals surface area (Å²) in [6.07, 6.45) is 2.69. The zero-order chi connectivity index (χ0) is 14.8. The van der Waals surface area contributed by atoms with Crippen molar-refractivity contribution in [3.8, 4) is 0 Å². The van der Waals surface area contributed by atoms with Gasteiger partial charge in [0.2, 0.25) is 0 Å². The highest BCUT2D eigenvalue weighted by atomic mass is 32.2. The molecular weight excluding hydrogens is 293 g/mol. The van der Waals surface area contributed by atoms with Gasteiger partial charge in [0, 0.05) is 11.8 Å². The first-order valence-electron chi connectivity index (χ1n) is 6.16. The van der Waals surface area contributed by atoms with Crippen LogP contribution in [0, 0.1) is 5.82 Å². The van der Waals surface area contributed by atoms with Gasteiger partial charge in [0.25, 0.3) is 0 Å². The zero-order valence-electron chi connectivity index (χ0n) is 10.7. The third kappa shape index (κ3) is 2.92. The van der Waals surface area contributed by atoms with Crippen molar-refractivity contribution in [2.75, 3.05) is 6.54 Å². The molecule has 0 bridgehead atoms. The zero-order valence-corrected chi connectivity index (χ0v) is 11.5. The van der Waals surface area contributed by atoms with Gasteiger partial charge in [-0.05, 0) is 18.2 Å². The van der Waals surface area contributed by atoms with Crippen molar-refractivity contribution in [1.29, 1.82) is 0 Å². The SMILES string of the molecule is O=C(O)c1cccc(C2CN=C(c3cncc(F)c3)S2)n1. The average Bonchev–Trinajstić information content (AvgIpc) is 2.97. The van der Waals surface area contributed by atoms with E-state index < -0.39 is 11.8 Å². The third-order valence-corrected chi connectivity index (χ3v) is 4.19. The molecule has 0 saturated carbocycles. The van der Waals surface area contributed by atoms with Crippen molar-refractivity contribution in [2.24, 2.45) is 4.99 Å². The predicted molar refractivity (Wildman–Crippen MR) is 77.1 cm³/mol. The smallest absolute Gasteiger partial charge is 0.354 e. The Morgan fingerprint density at radius 2 is 2.24 bits per heavy atom. The molecule has 0 saturated heterocycles. The number of pyridine rings is 2. The fraction of sp³-hybridized carbons (Fsp3) is 0.143. The number of carboxylic acids is 1. The minimum absolute atomic E-state index is 0.00831. The maximum Gasteiger partial charge on any atom is 0.354 e. The summed E-state index contributed by atoms with van der Waals surface area (Å²) in [6.45, 7) is 0.479. The molecule has 2 aromatic rings. The van der Waals surface area contributed by atoms with Gasteiger partial charge in [0.1, 0.15) is 16.6 Å². The highest BCUT2D eigenvalue weighted by Crippen LogP contribution is 2.36. The summed E-state index contributed by atoms with van der Waals surface area (Å²) in [5.41, 5.74) is 1.29. The van der Waals surface area contributed by atoms with E-state index in [2.05, 4.69) is 15.0 Å². The van der Waals surface area contributed by atoms with E-state index in [-0.39, 0.29) is 10.9 Å². The number of aliphatic imine (C=N–C) groups is 1. The number of aromatic carboxylic acids is 1. The van der Waals surface area contributed by atoms with Crippen LogP contribution in [0.2, 0.25) is 0 Å². The molecule has 0 amide bonds. The van der Waals surface area contributed by atoms with E-state index in [1.807, 2.05) is 0 Å². The summed E-state index contributed by atoms with van der Waals surface area (Å²) >= 11 is 1.43. The van der Waals surface area contributed by atoms with Crippen LogP contribution in [0.5, 0.6) is 0 Å². The molecule has 0 fully saturated rings. The van der Waals surface area contributed by atoms with E-state index in [0.717, 1.165) is 6.20 Å². The second kappa shape index (κ2) is 5.61. The monoisotopic (exact) mass is 303 g/mol. The lowest BCUT2D eigenvalue weighted by Gasteiger charge is -2.08. The van der Waals surface area contributed by atoms with Gasteiger partial charge < -0.3 is 5.11 Å². The van der Waals surface area contributed by atoms with Crippen molar-refractivity contribution in [2.45, 2.75) is 5.25 Å². The van der Waals surface area contributed by atoms with Crippen LogP contribution in [0.15, 0.2) is 41.7 Å². The van der Waals surface area contributed by atoms with E-state index in [4.69, 9.17) is 5.11 Å². The second-order valence-electron chi connectivity index (χ2n) is 4.40. The number of rotatable bonds is 3. The Morgan fingerprint density at radius 3 is 3.00 bits per heavy atom. The van der Waals surface area contributed by atoms with Crippen LogP contribution in [0.25, 0.3) is 0 Å². The molecule has 5 nitrogen and oxygen atoms in total. The first-order valence-corrected chi connectivity index (χ1v) is 7.04. The van der Waals surface area contributed by atoms with Crippen LogP contribution in [-0.4, -0.2) is 32.6 Å². The molecule has 1 N–H and O–H groups in total. The van der Waals surface area contributed by atoms with Gasteiger partial charge >= 0.3 is 5.97 Å². The van der Waals surface area contributed by atoms with Crippen LogP contribution in [0.4, 0.5) is 4.39 Å². The van der Waals surface area contributed by atoms with Crippen molar-refractivity contribution in [1.82, 2.24) is 9.97 Å². The maximum atomic E-state index is 13.2. The summed E-state index contributed by atoms with van der Waals surface area (Å²) in [6, 6.07) is 6.26. The minimum atomic E-state index is -1.06. The number of halogens is 1. The summed E-state index contributed by atoms with van der Waals surface area (Å²) in [4.78, 5) is 23.2. The summed E-state index contributed by atoms with van der Waals surface area (Å²) in [7, 11) is 0. The Bertz CT molecular complexity index is 736. The number of hydrogen-bond donors (Lipinski definition) is 1. The molecular formula is C14H10FN3O2S. The Hall–Kier alpha value is -2.28. The lowest BCUT2D eigenvalue weighted by Crippen LogP contribution is -2.05. The van der Waals surface area contributed by atoms with E-state index in [9.17, 15) is 9.18 Å². The van der Waals surface area contributed by atoms with E-state index in [0.29, 0.717) is 22.8 Å². The van der Waals surface area contributed by atoms with Crippen LogP contribution in [0.1, 0.15) is 27.0 Å². The number of carboxylic acid groups (broad SMARTS) is 1. The molecule has 0 spiro atoms. The molecule has 1 unspecified atom stereocenters. The molecule has 106 valence electrons. The molecule has 3 rings (SSSR count). The Labute approximate surface area is 124 Å². The average molecular weight is 303 g/mol. The predicted octanol–water partition coefficient (Wildman–Crippen LogP) is 2.55. The van der Waals surface area contributed by atoms with E-state index >= 15 is 0 Å².